The van der Waals surface area contributed by atoms with Crippen LogP contribution in [-0.2, 0) is 21.0 Å². The molecule has 0 saturated heterocycles. The van der Waals surface area contributed by atoms with Gasteiger partial charge in [-0.25, -0.2) is 8.42 Å². The molecule has 2 rings (SSSR count). The predicted molar refractivity (Wildman–Crippen MR) is 93.6 cm³/mol. The maximum Gasteiger partial charge on any atom is 0.418 e. The molecule has 0 aliphatic heterocycles. The maximum atomic E-state index is 13.0. The Bertz CT molecular complexity index is 892. The molecule has 0 fully saturated rings. The Balaban J connectivity index is 2.19. The van der Waals surface area contributed by atoms with Crippen molar-refractivity contribution < 1.29 is 26.4 Å². The number of carbonyl (C=O) groups is 1. The van der Waals surface area contributed by atoms with E-state index in [1.807, 2.05) is 0 Å². The lowest BCUT2D eigenvalue weighted by atomic mass is 10.1. The van der Waals surface area contributed by atoms with E-state index in [-0.39, 0.29) is 10.8 Å². The van der Waals surface area contributed by atoms with Crippen molar-refractivity contribution in [3.8, 4) is 0 Å². The average Bonchev–Trinajstić information content (AvgIpc) is 2.99. The Hall–Kier alpha value is -1.91. The van der Waals surface area contributed by atoms with Gasteiger partial charge in [-0.3, -0.25) is 4.79 Å². The van der Waals surface area contributed by atoms with Gasteiger partial charge in [-0.05, 0) is 31.2 Å². The van der Waals surface area contributed by atoms with Crippen LogP contribution in [0.5, 0.6) is 0 Å². The number of nitrogens with one attached hydrogen (secondary N) is 1. The Kier molecular flexibility index (Phi) is 6.09. The molecule has 1 N–H and O–H groups in total. The van der Waals surface area contributed by atoms with Crippen LogP contribution in [-0.4, -0.2) is 31.7 Å². The monoisotopic (exact) mass is 406 g/mol. The third-order valence-corrected chi connectivity index (χ3v) is 6.88. The number of para-hydroxylation sites is 1. The summed E-state index contributed by atoms with van der Waals surface area (Å²) in [7, 11) is -3.89. The highest BCUT2D eigenvalue weighted by atomic mass is 32.2. The summed E-state index contributed by atoms with van der Waals surface area (Å²) in [5, 5.41) is 2.15. The largest absolute Gasteiger partial charge is 0.418 e. The smallest absolute Gasteiger partial charge is 0.324 e. The van der Waals surface area contributed by atoms with Gasteiger partial charge in [-0.2, -0.15) is 17.5 Å². The van der Waals surface area contributed by atoms with Gasteiger partial charge in [0.2, 0.25) is 5.91 Å². The molecule has 2 aromatic rings. The van der Waals surface area contributed by atoms with Crippen molar-refractivity contribution in [1.82, 2.24) is 4.31 Å². The lowest BCUT2D eigenvalue weighted by molar-refractivity contribution is -0.137. The van der Waals surface area contributed by atoms with Crippen molar-refractivity contribution in [3.63, 3.8) is 0 Å². The fraction of sp³-hybridized carbons (Fsp3) is 0.312. The first-order valence-electron chi connectivity index (χ1n) is 7.58. The van der Waals surface area contributed by atoms with Crippen LogP contribution < -0.4 is 5.32 Å². The molecule has 0 aliphatic rings. The molecule has 1 heterocycles. The van der Waals surface area contributed by atoms with E-state index >= 15 is 0 Å². The molecular weight excluding hydrogens is 389 g/mol. The van der Waals surface area contributed by atoms with Gasteiger partial charge in [0.15, 0.2) is 0 Å². The number of aryl methyl sites for hydroxylation is 1. The zero-order valence-corrected chi connectivity index (χ0v) is 15.6. The van der Waals surface area contributed by atoms with E-state index in [9.17, 15) is 26.4 Å². The first-order chi connectivity index (χ1) is 12.1. The molecule has 1 aromatic heterocycles. The SMILES string of the molecule is CCN(CC(=O)Nc1ccccc1C(F)(F)F)S(=O)(=O)c1ccc(C)s1. The van der Waals surface area contributed by atoms with Crippen molar-refractivity contribution in [2.45, 2.75) is 24.2 Å². The van der Waals surface area contributed by atoms with Crippen molar-refractivity contribution in [1.29, 1.82) is 0 Å². The van der Waals surface area contributed by atoms with Gasteiger partial charge in [0.1, 0.15) is 4.21 Å². The minimum atomic E-state index is -4.63. The number of thiophene rings is 1. The summed E-state index contributed by atoms with van der Waals surface area (Å²) in [6.45, 7) is 2.73. The summed E-state index contributed by atoms with van der Waals surface area (Å²) in [4.78, 5) is 13.0. The third-order valence-electron chi connectivity index (χ3n) is 3.49. The molecule has 5 nitrogen and oxygen atoms in total. The van der Waals surface area contributed by atoms with E-state index in [1.54, 1.807) is 19.9 Å². The van der Waals surface area contributed by atoms with Crippen molar-refractivity contribution in [2.24, 2.45) is 0 Å². The molecule has 0 saturated carbocycles. The summed E-state index contributed by atoms with van der Waals surface area (Å²) in [5.74, 6) is -0.847. The summed E-state index contributed by atoms with van der Waals surface area (Å²) in [6.07, 6.45) is -4.63. The highest BCUT2D eigenvalue weighted by Gasteiger charge is 2.34. The summed E-state index contributed by atoms with van der Waals surface area (Å²) in [6, 6.07) is 7.61. The fourth-order valence-corrected chi connectivity index (χ4v) is 5.08. The van der Waals surface area contributed by atoms with Gasteiger partial charge in [-0.1, -0.05) is 19.1 Å². The Labute approximate surface area is 153 Å². The fourth-order valence-electron chi connectivity index (χ4n) is 2.23. The number of sulfonamides is 1. The molecule has 0 bridgehead atoms. The standard InChI is InChI=1S/C16H17F3N2O3S2/c1-3-21(26(23,24)15-9-8-11(2)25-15)10-14(22)20-13-7-5-4-6-12(13)16(17,18)19/h4-9H,3,10H2,1-2H3,(H,20,22). The van der Waals surface area contributed by atoms with Gasteiger partial charge < -0.3 is 5.32 Å². The zero-order chi connectivity index (χ0) is 19.5. The lowest BCUT2D eigenvalue weighted by Gasteiger charge is -2.20. The molecular formula is C16H17F3N2O3S2. The zero-order valence-electron chi connectivity index (χ0n) is 14.0. The highest BCUT2D eigenvalue weighted by Crippen LogP contribution is 2.34. The highest BCUT2D eigenvalue weighted by molar-refractivity contribution is 7.91. The Morgan fingerprint density at radius 1 is 1.19 bits per heavy atom. The third kappa shape index (κ3) is 4.63. The van der Waals surface area contributed by atoms with E-state index in [2.05, 4.69) is 5.32 Å². The summed E-state index contributed by atoms with van der Waals surface area (Å²) in [5.41, 5.74) is -1.40. The molecule has 1 aromatic carbocycles. The van der Waals surface area contributed by atoms with Crippen LogP contribution in [0, 0.1) is 6.92 Å². The van der Waals surface area contributed by atoms with Crippen molar-refractivity contribution >= 4 is 33.0 Å². The molecule has 0 unspecified atom stereocenters. The molecule has 0 spiro atoms. The second-order valence-corrected chi connectivity index (χ2v) is 8.84. The van der Waals surface area contributed by atoms with Gasteiger partial charge in [0, 0.05) is 11.4 Å². The molecule has 0 aliphatic carbocycles. The molecule has 0 atom stereocenters. The first-order valence-corrected chi connectivity index (χ1v) is 9.84. The van der Waals surface area contributed by atoms with Crippen LogP contribution in [0.2, 0.25) is 0 Å². The minimum absolute atomic E-state index is 0.00756. The molecule has 0 radical (unpaired) electrons. The van der Waals surface area contributed by atoms with Crippen LogP contribution in [0.1, 0.15) is 17.4 Å². The number of likely N-dealkylation sites (N-methyl/N-ethyl adjacent to an activating group) is 1. The number of hydrogen-bond donors (Lipinski definition) is 1. The quantitative estimate of drug-likeness (QED) is 0.795. The number of alkyl halides is 3. The molecule has 1 amide bonds. The van der Waals surface area contributed by atoms with E-state index in [4.69, 9.17) is 0 Å². The van der Waals surface area contributed by atoms with Gasteiger partial charge in [-0.15, -0.1) is 11.3 Å². The van der Waals surface area contributed by atoms with E-state index in [1.165, 1.54) is 18.2 Å². The maximum absolute atomic E-state index is 13.0. The Morgan fingerprint density at radius 3 is 2.38 bits per heavy atom. The molecule has 10 heteroatoms. The second kappa shape index (κ2) is 7.77. The lowest BCUT2D eigenvalue weighted by Crippen LogP contribution is -2.37. The number of hydrogen-bond acceptors (Lipinski definition) is 4. The van der Waals surface area contributed by atoms with Crippen LogP contribution in [0.15, 0.2) is 40.6 Å². The topological polar surface area (TPSA) is 66.5 Å². The minimum Gasteiger partial charge on any atom is -0.324 e. The van der Waals surface area contributed by atoms with Crippen molar-refractivity contribution in [2.75, 3.05) is 18.4 Å². The van der Waals surface area contributed by atoms with Gasteiger partial charge >= 0.3 is 6.18 Å². The number of benzene rings is 1. The van der Waals surface area contributed by atoms with Gasteiger partial charge in [0.25, 0.3) is 10.0 Å². The molecule has 142 valence electrons. The van der Waals surface area contributed by atoms with Crippen LogP contribution in [0.25, 0.3) is 0 Å². The number of halogens is 3. The number of rotatable bonds is 6. The number of anilines is 1. The van der Waals surface area contributed by atoms with Crippen LogP contribution in [0.3, 0.4) is 0 Å². The average molecular weight is 406 g/mol. The van der Waals surface area contributed by atoms with Crippen LogP contribution >= 0.6 is 11.3 Å². The van der Waals surface area contributed by atoms with Crippen LogP contribution in [0.4, 0.5) is 18.9 Å². The van der Waals surface area contributed by atoms with Gasteiger partial charge in [0.05, 0.1) is 17.8 Å². The van der Waals surface area contributed by atoms with E-state index in [0.29, 0.717) is 0 Å². The molecule has 26 heavy (non-hydrogen) atoms. The Morgan fingerprint density at radius 2 is 1.85 bits per heavy atom. The summed E-state index contributed by atoms with van der Waals surface area (Å²) < 4.78 is 65.1. The number of carbonyl (C=O) groups excluding carboxylic acids is 1. The second-order valence-electron chi connectivity index (χ2n) is 5.39. The van der Waals surface area contributed by atoms with Crippen molar-refractivity contribution in [3.05, 3.63) is 46.8 Å². The van der Waals surface area contributed by atoms with E-state index < -0.39 is 39.9 Å². The first kappa shape index (κ1) is 20.4. The normalized spacial score (nSPS) is 12.4. The number of nitrogens with zero attached hydrogens (tertiary/aromatic N) is 1. The predicted octanol–water partition coefficient (Wildman–Crippen LogP) is 3.72. The number of amides is 1. The van der Waals surface area contributed by atoms with E-state index in [0.717, 1.165) is 32.7 Å². The summed E-state index contributed by atoms with van der Waals surface area (Å²) >= 11 is 1.07.